The monoisotopic (exact) mass is 302 g/mol. The Morgan fingerprint density at radius 3 is 2.05 bits per heavy atom. The van der Waals surface area contributed by atoms with E-state index in [0.717, 1.165) is 0 Å². The first-order chi connectivity index (χ1) is 8.93. The van der Waals surface area contributed by atoms with Gasteiger partial charge in [0.15, 0.2) is 6.10 Å². The molecule has 0 aliphatic rings. The average molecular weight is 302 g/mol. The van der Waals surface area contributed by atoms with Gasteiger partial charge in [-0.25, -0.2) is 4.79 Å². The zero-order chi connectivity index (χ0) is 15.7. The predicted octanol–water partition coefficient (Wildman–Crippen LogP) is 2.71. The van der Waals surface area contributed by atoms with E-state index in [-0.39, 0.29) is 6.07 Å². The summed E-state index contributed by atoms with van der Waals surface area (Å²) in [6.07, 6.45) is -13.1. The van der Waals surface area contributed by atoms with E-state index in [0.29, 0.717) is 12.1 Å². The normalized spacial score (nSPS) is 14.2. The van der Waals surface area contributed by atoms with E-state index in [1.807, 2.05) is 0 Å². The van der Waals surface area contributed by atoms with Gasteiger partial charge in [-0.1, -0.05) is 6.07 Å². The fraction of sp³-hybridized carbons (Fsp3) is 0.364. The molecule has 2 N–H and O–H groups in total. The summed E-state index contributed by atoms with van der Waals surface area (Å²) < 4.78 is 75.1. The van der Waals surface area contributed by atoms with Crippen LogP contribution in [-0.4, -0.2) is 22.3 Å². The Bertz CT molecular complexity index is 506. The number of aliphatic hydroxyl groups is 1. The molecule has 1 atom stereocenters. The highest BCUT2D eigenvalue weighted by Crippen LogP contribution is 2.37. The second-order valence-electron chi connectivity index (χ2n) is 3.93. The van der Waals surface area contributed by atoms with Crippen LogP contribution in [0.2, 0.25) is 0 Å². The second-order valence-corrected chi connectivity index (χ2v) is 3.93. The molecule has 1 aromatic carbocycles. The maximum atomic E-state index is 12.7. The molecule has 0 aliphatic heterocycles. The van der Waals surface area contributed by atoms with Crippen LogP contribution in [0.15, 0.2) is 18.2 Å². The fourth-order valence-corrected chi connectivity index (χ4v) is 1.49. The minimum Gasteiger partial charge on any atom is -0.479 e. The lowest BCUT2D eigenvalue weighted by molar-refractivity contribution is -0.148. The van der Waals surface area contributed by atoms with E-state index < -0.39 is 47.5 Å². The van der Waals surface area contributed by atoms with Crippen LogP contribution in [0, 0.1) is 0 Å². The van der Waals surface area contributed by atoms with Crippen molar-refractivity contribution >= 4 is 5.97 Å². The number of aliphatic carboxylic acids is 1. The highest BCUT2D eigenvalue weighted by atomic mass is 19.4. The third-order valence-electron chi connectivity index (χ3n) is 2.44. The topological polar surface area (TPSA) is 57.5 Å². The summed E-state index contributed by atoms with van der Waals surface area (Å²) in [4.78, 5) is 10.4. The van der Waals surface area contributed by atoms with Gasteiger partial charge in [-0.3, -0.25) is 0 Å². The first kappa shape index (κ1) is 16.3. The Labute approximate surface area is 108 Å². The van der Waals surface area contributed by atoms with Crippen molar-refractivity contribution in [2.45, 2.75) is 24.9 Å². The molecule has 0 aliphatic carbocycles. The lowest BCUT2D eigenvalue weighted by Gasteiger charge is -2.16. The molecule has 0 saturated carbocycles. The fourth-order valence-electron chi connectivity index (χ4n) is 1.49. The van der Waals surface area contributed by atoms with Gasteiger partial charge in [-0.2, -0.15) is 26.3 Å². The van der Waals surface area contributed by atoms with Gasteiger partial charge in [0.2, 0.25) is 0 Å². The molecule has 0 heterocycles. The minimum atomic E-state index is -5.09. The number of halogens is 6. The van der Waals surface area contributed by atoms with Gasteiger partial charge >= 0.3 is 18.3 Å². The molecule has 1 rings (SSSR count). The van der Waals surface area contributed by atoms with E-state index in [1.165, 1.54) is 0 Å². The smallest absolute Gasteiger partial charge is 0.416 e. The second kappa shape index (κ2) is 5.31. The van der Waals surface area contributed by atoms with Crippen LogP contribution in [0.3, 0.4) is 0 Å². The van der Waals surface area contributed by atoms with Gasteiger partial charge in [-0.05, 0) is 17.7 Å². The molecular weight excluding hydrogens is 294 g/mol. The quantitative estimate of drug-likeness (QED) is 0.844. The molecule has 9 heteroatoms. The van der Waals surface area contributed by atoms with Gasteiger partial charge in [0.25, 0.3) is 0 Å². The van der Waals surface area contributed by atoms with Crippen LogP contribution >= 0.6 is 0 Å². The zero-order valence-corrected chi connectivity index (χ0v) is 9.59. The maximum absolute atomic E-state index is 12.7. The number of hydrogen-bond acceptors (Lipinski definition) is 2. The Morgan fingerprint density at radius 2 is 1.65 bits per heavy atom. The summed E-state index contributed by atoms with van der Waals surface area (Å²) in [6.45, 7) is 0. The molecule has 112 valence electrons. The molecule has 0 fully saturated rings. The van der Waals surface area contributed by atoms with Crippen molar-refractivity contribution < 1.29 is 41.4 Å². The molecule has 0 amide bonds. The van der Waals surface area contributed by atoms with E-state index in [1.54, 1.807) is 0 Å². The standard InChI is InChI=1S/C11H8F6O3/c12-10(13,14)6-2-1-5(3-8(18)9(19)20)7(4-6)11(15,16)17/h1-2,4,8,18H,3H2,(H,19,20). The summed E-state index contributed by atoms with van der Waals surface area (Å²) in [7, 11) is 0. The van der Waals surface area contributed by atoms with E-state index in [4.69, 9.17) is 10.2 Å². The van der Waals surface area contributed by atoms with E-state index >= 15 is 0 Å². The number of rotatable bonds is 3. The Hall–Kier alpha value is -1.77. The maximum Gasteiger partial charge on any atom is 0.416 e. The molecule has 1 aromatic rings. The molecule has 3 nitrogen and oxygen atoms in total. The average Bonchev–Trinajstić information content (AvgIpc) is 2.26. The number of aliphatic hydroxyl groups excluding tert-OH is 1. The Kier molecular flexibility index (Phi) is 4.33. The molecule has 0 aromatic heterocycles. The Morgan fingerprint density at radius 1 is 1.10 bits per heavy atom. The first-order valence-corrected chi connectivity index (χ1v) is 5.11. The number of benzene rings is 1. The SMILES string of the molecule is O=C(O)C(O)Cc1ccc(C(F)(F)F)cc1C(F)(F)F. The first-order valence-electron chi connectivity index (χ1n) is 5.11. The van der Waals surface area contributed by atoms with Crippen molar-refractivity contribution in [1.29, 1.82) is 0 Å². The number of carbonyl (C=O) groups is 1. The lowest BCUT2D eigenvalue weighted by Crippen LogP contribution is -2.24. The van der Waals surface area contributed by atoms with Crippen molar-refractivity contribution in [1.82, 2.24) is 0 Å². The molecule has 1 unspecified atom stereocenters. The van der Waals surface area contributed by atoms with Crippen LogP contribution in [0.1, 0.15) is 16.7 Å². The van der Waals surface area contributed by atoms with Crippen LogP contribution in [0.4, 0.5) is 26.3 Å². The number of hydrogen-bond donors (Lipinski definition) is 2. The van der Waals surface area contributed by atoms with Crippen molar-refractivity contribution in [2.24, 2.45) is 0 Å². The van der Waals surface area contributed by atoms with Gasteiger partial charge in [-0.15, -0.1) is 0 Å². The Balaban J connectivity index is 3.28. The molecular formula is C11H8F6O3. The minimum absolute atomic E-state index is 0.107. The highest BCUT2D eigenvalue weighted by Gasteiger charge is 2.38. The van der Waals surface area contributed by atoms with Crippen LogP contribution in [0.25, 0.3) is 0 Å². The van der Waals surface area contributed by atoms with Crippen molar-refractivity contribution in [3.8, 4) is 0 Å². The predicted molar refractivity (Wildman–Crippen MR) is 53.8 cm³/mol. The number of carboxylic acid groups (broad SMARTS) is 1. The largest absolute Gasteiger partial charge is 0.479 e. The zero-order valence-electron chi connectivity index (χ0n) is 9.59. The van der Waals surface area contributed by atoms with E-state index in [9.17, 15) is 31.1 Å². The van der Waals surface area contributed by atoms with Crippen molar-refractivity contribution in [3.63, 3.8) is 0 Å². The number of carboxylic acids is 1. The van der Waals surface area contributed by atoms with Crippen LogP contribution in [0.5, 0.6) is 0 Å². The van der Waals surface area contributed by atoms with Gasteiger partial charge in [0.1, 0.15) is 0 Å². The third kappa shape index (κ3) is 3.86. The van der Waals surface area contributed by atoms with E-state index in [2.05, 4.69) is 0 Å². The summed E-state index contributed by atoms with van der Waals surface area (Å²) in [5, 5.41) is 17.4. The van der Waals surface area contributed by atoms with Gasteiger partial charge < -0.3 is 10.2 Å². The summed E-state index contributed by atoms with van der Waals surface area (Å²) >= 11 is 0. The third-order valence-corrected chi connectivity index (χ3v) is 2.44. The summed E-state index contributed by atoms with van der Waals surface area (Å²) in [5.41, 5.74) is -3.84. The number of alkyl halides is 6. The van der Waals surface area contributed by atoms with Gasteiger partial charge in [0, 0.05) is 6.42 Å². The summed E-state index contributed by atoms with van der Waals surface area (Å²) in [6, 6.07) is 0.806. The molecule has 0 spiro atoms. The van der Waals surface area contributed by atoms with Crippen LogP contribution in [-0.2, 0) is 23.6 Å². The lowest BCUT2D eigenvalue weighted by atomic mass is 9.98. The molecule has 0 saturated heterocycles. The van der Waals surface area contributed by atoms with Crippen molar-refractivity contribution in [2.75, 3.05) is 0 Å². The highest BCUT2D eigenvalue weighted by molar-refractivity contribution is 5.72. The summed E-state index contributed by atoms with van der Waals surface area (Å²) in [5.74, 6) is -1.77. The van der Waals surface area contributed by atoms with Crippen LogP contribution < -0.4 is 0 Å². The van der Waals surface area contributed by atoms with Gasteiger partial charge in [0.05, 0.1) is 11.1 Å². The molecule has 0 bridgehead atoms. The molecule has 0 radical (unpaired) electrons. The van der Waals surface area contributed by atoms with Crippen molar-refractivity contribution in [3.05, 3.63) is 34.9 Å². The molecule has 20 heavy (non-hydrogen) atoms.